The number of hydrogen-bond donors (Lipinski definition) is 1. The van der Waals surface area contributed by atoms with E-state index < -0.39 is 12.1 Å². The van der Waals surface area contributed by atoms with Crippen molar-refractivity contribution in [3.8, 4) is 0 Å². The summed E-state index contributed by atoms with van der Waals surface area (Å²) in [6, 6.07) is 6.41. The lowest BCUT2D eigenvalue weighted by molar-refractivity contribution is -0.116. The molecule has 0 aliphatic heterocycles. The second kappa shape index (κ2) is 9.65. The lowest BCUT2D eigenvalue weighted by Gasteiger charge is -2.16. The molecule has 2 rings (SSSR count). The molecule has 0 spiro atoms. The third kappa shape index (κ3) is 5.37. The largest absolute Gasteiger partial charge is 0.460 e. The molecule has 0 radical (unpaired) electrons. The van der Waals surface area contributed by atoms with Crippen LogP contribution >= 0.6 is 0 Å². The first kappa shape index (κ1) is 19.6. The van der Waals surface area contributed by atoms with Crippen molar-refractivity contribution >= 4 is 11.8 Å². The van der Waals surface area contributed by atoms with Crippen molar-refractivity contribution in [2.75, 3.05) is 13.7 Å². The molecular weight excluding hydrogens is 338 g/mol. The number of methoxy groups -OCH3 is 1. The van der Waals surface area contributed by atoms with Gasteiger partial charge in [-0.05, 0) is 30.7 Å². The molecule has 1 atom stereocenters. The molecule has 0 fully saturated rings. The number of carbonyl (C=O) groups excluding carboxylic acids is 2. The van der Waals surface area contributed by atoms with Crippen LogP contribution in [0.1, 0.15) is 40.8 Å². The minimum atomic E-state index is -0.776. The predicted octanol–water partition coefficient (Wildman–Crippen LogP) is 2.62. The van der Waals surface area contributed by atoms with Gasteiger partial charge in [0.05, 0.1) is 12.2 Å². The predicted molar refractivity (Wildman–Crippen MR) is 92.3 cm³/mol. The van der Waals surface area contributed by atoms with E-state index in [0.717, 1.165) is 0 Å². The molecule has 26 heavy (non-hydrogen) atoms. The van der Waals surface area contributed by atoms with Crippen molar-refractivity contribution in [3.05, 3.63) is 65.9 Å². The van der Waals surface area contributed by atoms with Crippen LogP contribution in [0.3, 0.4) is 0 Å². The zero-order valence-corrected chi connectivity index (χ0v) is 14.5. The number of aromatic nitrogens is 1. The van der Waals surface area contributed by atoms with Gasteiger partial charge in [-0.15, -0.1) is 0 Å². The molecule has 0 unspecified atom stereocenters. The molecule has 2 aromatic heterocycles. The monoisotopic (exact) mass is 359 g/mol. The van der Waals surface area contributed by atoms with Crippen molar-refractivity contribution in [2.24, 2.45) is 0 Å². The van der Waals surface area contributed by atoms with E-state index in [4.69, 9.17) is 19.0 Å². The highest BCUT2D eigenvalue weighted by Crippen LogP contribution is 2.27. The van der Waals surface area contributed by atoms with E-state index in [-0.39, 0.29) is 31.8 Å². The fraction of sp³-hybridized carbons (Fsp3) is 0.316. The number of furan rings is 1. The summed E-state index contributed by atoms with van der Waals surface area (Å²) in [6.07, 6.45) is 2.50. The van der Waals surface area contributed by atoms with E-state index >= 15 is 0 Å². The molecule has 0 aromatic carbocycles. The Kier molecular flexibility index (Phi) is 7.25. The van der Waals surface area contributed by atoms with Gasteiger partial charge >= 0.3 is 5.97 Å². The number of pyridine rings is 1. The van der Waals surface area contributed by atoms with Crippen LogP contribution in [0.4, 0.5) is 0 Å². The Morgan fingerprint density at radius 1 is 1.35 bits per heavy atom. The molecule has 0 aliphatic carbocycles. The van der Waals surface area contributed by atoms with Crippen LogP contribution < -0.4 is 0 Å². The van der Waals surface area contributed by atoms with Gasteiger partial charge in [-0.1, -0.05) is 6.58 Å². The Morgan fingerprint density at radius 2 is 2.15 bits per heavy atom. The highest BCUT2D eigenvalue weighted by molar-refractivity contribution is 5.95. The van der Waals surface area contributed by atoms with Crippen LogP contribution in [-0.4, -0.2) is 35.6 Å². The van der Waals surface area contributed by atoms with Crippen LogP contribution in [0.15, 0.2) is 53.2 Å². The molecule has 138 valence electrons. The summed E-state index contributed by atoms with van der Waals surface area (Å²) in [6.45, 7) is 3.55. The smallest absolute Gasteiger partial charge is 0.340 e. The average Bonchev–Trinajstić information content (AvgIpc) is 3.14. The lowest BCUT2D eigenvalue weighted by Crippen LogP contribution is -2.14. The Hall–Kier alpha value is -2.77. The molecule has 2 aromatic rings. The highest BCUT2D eigenvalue weighted by atomic mass is 16.6. The minimum absolute atomic E-state index is 0.113. The summed E-state index contributed by atoms with van der Waals surface area (Å²) in [5.74, 6) is -0.0505. The lowest BCUT2D eigenvalue weighted by atomic mass is 10.0. The van der Waals surface area contributed by atoms with Gasteiger partial charge < -0.3 is 19.0 Å². The number of ketones is 1. The maximum Gasteiger partial charge on any atom is 0.340 e. The standard InChI is InChI=1S/C19H21NO6/c1-13(12-24-2)16(22)6-8-18(17-7-5-15(11-21)25-17)26-19(23)14-4-3-9-20-10-14/h3-5,7,9-10,18,21H,1,6,8,11-12H2,2H3/t18-/m1/s1. The quantitative estimate of drug-likeness (QED) is 0.514. The van der Waals surface area contributed by atoms with E-state index in [9.17, 15) is 9.59 Å². The highest BCUT2D eigenvalue weighted by Gasteiger charge is 2.23. The normalized spacial score (nSPS) is 11.8. The van der Waals surface area contributed by atoms with Crippen molar-refractivity contribution in [1.82, 2.24) is 4.98 Å². The summed E-state index contributed by atoms with van der Waals surface area (Å²) < 4.78 is 15.9. The number of aliphatic hydroxyl groups is 1. The molecular formula is C19H21NO6. The van der Waals surface area contributed by atoms with E-state index in [1.165, 1.54) is 13.3 Å². The number of aliphatic hydroxyl groups excluding tert-OH is 1. The number of Topliss-reactive ketones (excluding diaryl/α,β-unsaturated/α-hetero) is 1. The summed E-state index contributed by atoms with van der Waals surface area (Å²) in [4.78, 5) is 28.3. The fourth-order valence-electron chi connectivity index (χ4n) is 2.29. The maximum atomic E-state index is 12.3. The van der Waals surface area contributed by atoms with Crippen LogP contribution in [0.25, 0.3) is 0 Å². The first-order valence-electron chi connectivity index (χ1n) is 8.05. The topological polar surface area (TPSA) is 98.9 Å². The Labute approximate surface area is 151 Å². The van der Waals surface area contributed by atoms with Gasteiger partial charge in [-0.3, -0.25) is 9.78 Å². The van der Waals surface area contributed by atoms with Crippen LogP contribution in [-0.2, 0) is 20.9 Å². The Balaban J connectivity index is 2.10. The van der Waals surface area contributed by atoms with Gasteiger partial charge in [0.1, 0.15) is 18.1 Å². The van der Waals surface area contributed by atoms with Crippen LogP contribution in [0.2, 0.25) is 0 Å². The number of ether oxygens (including phenoxy) is 2. The van der Waals surface area contributed by atoms with E-state index in [0.29, 0.717) is 22.7 Å². The summed E-state index contributed by atoms with van der Waals surface area (Å²) in [7, 11) is 1.48. The molecule has 1 N–H and O–H groups in total. The SMILES string of the molecule is C=C(COC)C(=O)CC[C@@H](OC(=O)c1cccnc1)c1ccc(CO)o1. The van der Waals surface area contributed by atoms with Crippen molar-refractivity contribution in [3.63, 3.8) is 0 Å². The molecule has 7 nitrogen and oxygen atoms in total. The second-order valence-electron chi connectivity index (χ2n) is 5.60. The molecule has 0 bridgehead atoms. The minimum Gasteiger partial charge on any atom is -0.460 e. The van der Waals surface area contributed by atoms with Gasteiger partial charge in [0, 0.05) is 31.5 Å². The summed E-state index contributed by atoms with van der Waals surface area (Å²) in [5, 5.41) is 9.15. The second-order valence-corrected chi connectivity index (χ2v) is 5.60. The molecule has 0 amide bonds. The van der Waals surface area contributed by atoms with Crippen molar-refractivity contribution in [1.29, 1.82) is 0 Å². The number of hydrogen-bond acceptors (Lipinski definition) is 7. The van der Waals surface area contributed by atoms with E-state index in [1.807, 2.05) is 0 Å². The molecule has 7 heteroatoms. The van der Waals surface area contributed by atoms with Gasteiger partial charge in [-0.25, -0.2) is 4.79 Å². The van der Waals surface area contributed by atoms with Crippen LogP contribution in [0.5, 0.6) is 0 Å². The fourth-order valence-corrected chi connectivity index (χ4v) is 2.29. The van der Waals surface area contributed by atoms with E-state index in [1.54, 1.807) is 30.5 Å². The van der Waals surface area contributed by atoms with Crippen LogP contribution in [0, 0.1) is 0 Å². The summed E-state index contributed by atoms with van der Waals surface area (Å²) >= 11 is 0. The maximum absolute atomic E-state index is 12.3. The first-order chi connectivity index (χ1) is 12.5. The zero-order valence-electron chi connectivity index (χ0n) is 14.5. The van der Waals surface area contributed by atoms with Gasteiger partial charge in [0.2, 0.25) is 0 Å². The van der Waals surface area contributed by atoms with Gasteiger partial charge in [0.25, 0.3) is 0 Å². The average molecular weight is 359 g/mol. The first-order valence-corrected chi connectivity index (χ1v) is 8.05. The number of rotatable bonds is 10. The number of nitrogens with zero attached hydrogens (tertiary/aromatic N) is 1. The van der Waals surface area contributed by atoms with Gasteiger partial charge in [-0.2, -0.15) is 0 Å². The number of carbonyl (C=O) groups is 2. The molecule has 0 saturated heterocycles. The van der Waals surface area contributed by atoms with E-state index in [2.05, 4.69) is 11.6 Å². The molecule has 0 saturated carbocycles. The van der Waals surface area contributed by atoms with Crippen molar-refractivity contribution in [2.45, 2.75) is 25.6 Å². The Bertz CT molecular complexity index is 752. The molecule has 2 heterocycles. The third-order valence-corrected chi connectivity index (χ3v) is 3.65. The van der Waals surface area contributed by atoms with Crippen molar-refractivity contribution < 1.29 is 28.6 Å². The molecule has 0 aliphatic rings. The number of esters is 1. The zero-order chi connectivity index (χ0) is 18.9. The Morgan fingerprint density at radius 3 is 2.77 bits per heavy atom. The third-order valence-electron chi connectivity index (χ3n) is 3.65. The van der Waals surface area contributed by atoms with Gasteiger partial charge in [0.15, 0.2) is 11.9 Å². The summed E-state index contributed by atoms with van der Waals surface area (Å²) in [5.41, 5.74) is 0.641.